The van der Waals surface area contributed by atoms with Crippen LogP contribution >= 0.6 is 0 Å². The fourth-order valence-corrected chi connectivity index (χ4v) is 3.40. The number of rotatable bonds is 6. The molecule has 9 heteroatoms. The summed E-state index contributed by atoms with van der Waals surface area (Å²) < 4.78 is 47.1. The van der Waals surface area contributed by atoms with Gasteiger partial charge in [0, 0.05) is 11.6 Å². The zero-order chi connectivity index (χ0) is 21.1. The third kappa shape index (κ3) is 4.79. The van der Waals surface area contributed by atoms with Gasteiger partial charge in [0.05, 0.1) is 0 Å². The van der Waals surface area contributed by atoms with Crippen molar-refractivity contribution in [2.75, 3.05) is 0 Å². The van der Waals surface area contributed by atoms with Crippen LogP contribution in [0.2, 0.25) is 0 Å². The number of ether oxygens (including phenoxy) is 2. The molecule has 2 aromatic carbocycles. The zero-order valence-corrected chi connectivity index (χ0v) is 15.1. The number of amides is 1. The van der Waals surface area contributed by atoms with Crippen LogP contribution < -0.4 is 10.1 Å². The van der Waals surface area contributed by atoms with Crippen LogP contribution in [0, 0.1) is 0 Å². The summed E-state index contributed by atoms with van der Waals surface area (Å²) in [5, 5.41) is 12.2. The van der Waals surface area contributed by atoms with Crippen molar-refractivity contribution in [2.45, 2.75) is 37.3 Å². The van der Waals surface area contributed by atoms with E-state index in [1.54, 1.807) is 24.3 Å². The lowest BCUT2D eigenvalue weighted by molar-refractivity contribution is -0.275. The van der Waals surface area contributed by atoms with Crippen molar-refractivity contribution in [1.29, 1.82) is 0 Å². The first kappa shape index (κ1) is 20.5. The Bertz CT molecular complexity index is 879. The molecule has 29 heavy (non-hydrogen) atoms. The fraction of sp³-hybridized carbons (Fsp3) is 0.300. The molecule has 0 unspecified atom stereocenters. The van der Waals surface area contributed by atoms with E-state index in [-0.39, 0.29) is 25.0 Å². The minimum absolute atomic E-state index is 0.0473. The monoisotopic (exact) mass is 409 g/mol. The normalized spacial score (nSPS) is 21.0. The molecule has 0 heterocycles. The summed E-state index contributed by atoms with van der Waals surface area (Å²) in [5.41, 5.74) is -0.880. The second-order valence-corrected chi connectivity index (χ2v) is 6.74. The van der Waals surface area contributed by atoms with E-state index in [0.717, 1.165) is 11.6 Å². The largest absolute Gasteiger partial charge is 0.573 e. The van der Waals surface area contributed by atoms with Crippen LogP contribution in [0.1, 0.15) is 24.0 Å². The van der Waals surface area contributed by atoms with Gasteiger partial charge < -0.3 is 19.9 Å². The van der Waals surface area contributed by atoms with Gasteiger partial charge in [-0.15, -0.1) is 13.2 Å². The highest BCUT2D eigenvalue weighted by Crippen LogP contribution is 2.48. The Morgan fingerprint density at radius 2 is 1.69 bits per heavy atom. The second-order valence-electron chi connectivity index (χ2n) is 6.74. The van der Waals surface area contributed by atoms with Crippen LogP contribution in [0.25, 0.3) is 0 Å². The number of aliphatic carboxylic acids is 1. The molecule has 1 aliphatic carbocycles. The zero-order valence-electron chi connectivity index (χ0n) is 15.1. The van der Waals surface area contributed by atoms with Crippen molar-refractivity contribution >= 4 is 12.1 Å². The van der Waals surface area contributed by atoms with Gasteiger partial charge in [-0.2, -0.15) is 0 Å². The maximum Gasteiger partial charge on any atom is 0.573 e. The van der Waals surface area contributed by atoms with E-state index in [1.807, 2.05) is 6.07 Å². The predicted octanol–water partition coefficient (Wildman–Crippen LogP) is 4.00. The summed E-state index contributed by atoms with van der Waals surface area (Å²) in [6.45, 7) is 0.0473. The fourth-order valence-electron chi connectivity index (χ4n) is 3.40. The number of para-hydroxylation sites is 1. The lowest BCUT2D eigenvalue weighted by Crippen LogP contribution is -2.57. The maximum absolute atomic E-state index is 12.7. The second kappa shape index (κ2) is 8.02. The molecule has 2 aromatic rings. The first-order chi connectivity index (χ1) is 13.7. The number of halogens is 3. The third-order valence-corrected chi connectivity index (χ3v) is 4.76. The molecule has 1 aliphatic rings. The number of carboxylic acids is 1. The smallest absolute Gasteiger partial charge is 0.481 e. The average Bonchev–Trinajstić information content (AvgIpc) is 2.62. The van der Waals surface area contributed by atoms with Gasteiger partial charge >= 0.3 is 18.4 Å². The standard InChI is InChI=1S/C20H18F3NO5/c21-20(22,23)29-16-9-5-4-8-15(16)19(17(25)26)10-14(11-19)24-18(27)28-12-13-6-2-1-3-7-13/h1-9,14H,10-12H2,(H,24,27)(H,25,26). The van der Waals surface area contributed by atoms with Crippen molar-refractivity contribution < 1.29 is 37.3 Å². The molecular weight excluding hydrogens is 391 g/mol. The van der Waals surface area contributed by atoms with E-state index in [0.29, 0.717) is 0 Å². The Hall–Kier alpha value is -3.23. The van der Waals surface area contributed by atoms with Gasteiger partial charge in [-0.1, -0.05) is 48.5 Å². The van der Waals surface area contributed by atoms with E-state index in [4.69, 9.17) is 4.74 Å². The minimum Gasteiger partial charge on any atom is -0.481 e. The van der Waals surface area contributed by atoms with Crippen LogP contribution in [0.15, 0.2) is 54.6 Å². The molecule has 0 spiro atoms. The number of benzene rings is 2. The van der Waals surface area contributed by atoms with E-state index in [9.17, 15) is 27.9 Å². The van der Waals surface area contributed by atoms with Gasteiger partial charge in [0.1, 0.15) is 17.8 Å². The minimum atomic E-state index is -4.95. The molecule has 3 rings (SSSR count). The number of carbonyl (C=O) groups is 2. The Kier molecular flexibility index (Phi) is 5.67. The molecule has 0 radical (unpaired) electrons. The summed E-state index contributed by atoms with van der Waals surface area (Å²) in [6.07, 6.45) is -5.84. The van der Waals surface area contributed by atoms with Crippen molar-refractivity contribution in [1.82, 2.24) is 5.32 Å². The molecule has 1 amide bonds. The van der Waals surface area contributed by atoms with Gasteiger partial charge in [0.2, 0.25) is 0 Å². The SMILES string of the molecule is O=C(NC1CC(C(=O)O)(c2ccccc2OC(F)(F)F)C1)OCc1ccccc1. The molecule has 6 nitrogen and oxygen atoms in total. The molecule has 0 aliphatic heterocycles. The van der Waals surface area contributed by atoms with Crippen LogP contribution in [0.3, 0.4) is 0 Å². The van der Waals surface area contributed by atoms with Crippen LogP contribution in [-0.4, -0.2) is 29.6 Å². The Morgan fingerprint density at radius 3 is 2.31 bits per heavy atom. The molecule has 0 saturated heterocycles. The summed E-state index contributed by atoms with van der Waals surface area (Å²) in [4.78, 5) is 23.8. The van der Waals surface area contributed by atoms with Crippen molar-refractivity contribution in [2.24, 2.45) is 0 Å². The summed E-state index contributed by atoms with van der Waals surface area (Å²) >= 11 is 0. The number of carbonyl (C=O) groups excluding carboxylic acids is 1. The van der Waals surface area contributed by atoms with E-state index >= 15 is 0 Å². The summed E-state index contributed by atoms with van der Waals surface area (Å²) in [5.74, 6) is -1.85. The van der Waals surface area contributed by atoms with E-state index in [2.05, 4.69) is 10.1 Å². The molecule has 2 N–H and O–H groups in total. The summed E-state index contributed by atoms with van der Waals surface area (Å²) in [7, 11) is 0. The van der Waals surface area contributed by atoms with Gasteiger partial charge in [-0.25, -0.2) is 4.79 Å². The molecule has 154 valence electrons. The number of hydrogen-bond acceptors (Lipinski definition) is 4. The quantitative estimate of drug-likeness (QED) is 0.754. The van der Waals surface area contributed by atoms with Gasteiger partial charge in [-0.3, -0.25) is 4.79 Å². The lowest BCUT2D eigenvalue weighted by atomic mass is 9.61. The first-order valence-corrected chi connectivity index (χ1v) is 8.75. The predicted molar refractivity (Wildman–Crippen MR) is 95.2 cm³/mol. The van der Waals surface area contributed by atoms with Crippen molar-refractivity contribution in [3.8, 4) is 5.75 Å². The molecule has 0 bridgehead atoms. The highest BCUT2D eigenvalue weighted by Gasteiger charge is 2.54. The molecular formula is C20H18F3NO5. The van der Waals surface area contributed by atoms with Crippen LogP contribution in [0.4, 0.5) is 18.0 Å². The van der Waals surface area contributed by atoms with E-state index in [1.165, 1.54) is 18.2 Å². The van der Waals surface area contributed by atoms with Crippen molar-refractivity contribution in [3.05, 3.63) is 65.7 Å². The van der Waals surface area contributed by atoms with Crippen LogP contribution in [-0.2, 0) is 21.6 Å². The third-order valence-electron chi connectivity index (χ3n) is 4.76. The summed E-state index contributed by atoms with van der Waals surface area (Å²) in [6, 6.07) is 13.6. The highest BCUT2D eigenvalue weighted by atomic mass is 19.4. The molecule has 0 aromatic heterocycles. The average molecular weight is 409 g/mol. The number of nitrogens with one attached hydrogen (secondary N) is 1. The van der Waals surface area contributed by atoms with Crippen LogP contribution in [0.5, 0.6) is 5.75 Å². The molecule has 0 atom stereocenters. The number of alkyl halides is 3. The van der Waals surface area contributed by atoms with Gasteiger partial charge in [-0.05, 0) is 24.5 Å². The number of hydrogen-bond donors (Lipinski definition) is 2. The Morgan fingerprint density at radius 1 is 1.07 bits per heavy atom. The number of carboxylic acid groups (broad SMARTS) is 1. The maximum atomic E-state index is 12.7. The number of alkyl carbamates (subject to hydrolysis) is 1. The first-order valence-electron chi connectivity index (χ1n) is 8.75. The molecule has 1 saturated carbocycles. The topological polar surface area (TPSA) is 84.9 Å². The van der Waals surface area contributed by atoms with Gasteiger partial charge in [0.15, 0.2) is 0 Å². The van der Waals surface area contributed by atoms with Crippen molar-refractivity contribution in [3.63, 3.8) is 0 Å². The Labute approximate surface area is 164 Å². The Balaban J connectivity index is 1.65. The molecule has 1 fully saturated rings. The highest BCUT2D eigenvalue weighted by molar-refractivity contribution is 5.84. The lowest BCUT2D eigenvalue weighted by Gasteiger charge is -2.45. The van der Waals surface area contributed by atoms with Gasteiger partial charge in [0.25, 0.3) is 0 Å². The van der Waals surface area contributed by atoms with E-state index < -0.39 is 35.6 Å².